The average Bonchev–Trinajstić information content (AvgIpc) is 2.75. The lowest BCUT2D eigenvalue weighted by Gasteiger charge is -2.27. The molecular formula is C25H31N3O2S. The van der Waals surface area contributed by atoms with Crippen LogP contribution in [0.2, 0.25) is 0 Å². The first-order chi connectivity index (χ1) is 14.8. The smallest absolute Gasteiger partial charge is 0.253 e. The number of fused-ring (bicyclic) bond motifs is 1. The van der Waals surface area contributed by atoms with Crippen LogP contribution in [0.15, 0.2) is 47.3 Å². The number of aryl methyl sites for hydroxylation is 2. The zero-order valence-electron chi connectivity index (χ0n) is 18.9. The van der Waals surface area contributed by atoms with Gasteiger partial charge in [0.25, 0.3) is 5.56 Å². The molecule has 2 aromatic carbocycles. The molecule has 0 aliphatic rings. The molecule has 0 radical (unpaired) electrons. The Kier molecular flexibility index (Phi) is 7.33. The van der Waals surface area contributed by atoms with Crippen molar-refractivity contribution in [1.82, 2.24) is 15.2 Å². The minimum atomic E-state index is -0.0763. The number of hydrogen-bond donors (Lipinski definition) is 2. The molecule has 3 aromatic rings. The Morgan fingerprint density at radius 3 is 2.42 bits per heavy atom. The van der Waals surface area contributed by atoms with Crippen LogP contribution in [0.5, 0.6) is 5.75 Å². The van der Waals surface area contributed by atoms with E-state index in [4.69, 9.17) is 17.0 Å². The molecule has 31 heavy (non-hydrogen) atoms. The lowest BCUT2D eigenvalue weighted by atomic mass is 10.0. The van der Waals surface area contributed by atoms with E-state index in [1.807, 2.05) is 48.2 Å². The fourth-order valence-electron chi connectivity index (χ4n) is 3.50. The summed E-state index contributed by atoms with van der Waals surface area (Å²) >= 11 is 5.70. The van der Waals surface area contributed by atoms with Crippen molar-refractivity contribution in [2.24, 2.45) is 5.92 Å². The molecule has 0 saturated carbocycles. The van der Waals surface area contributed by atoms with Gasteiger partial charge in [0.15, 0.2) is 5.11 Å². The molecule has 0 fully saturated rings. The molecule has 0 saturated heterocycles. The number of ether oxygens (including phenoxy) is 1. The summed E-state index contributed by atoms with van der Waals surface area (Å²) in [5.41, 5.74) is 4.82. The van der Waals surface area contributed by atoms with Gasteiger partial charge in [-0.1, -0.05) is 38.1 Å². The number of benzene rings is 2. The number of rotatable bonds is 7. The zero-order valence-corrected chi connectivity index (χ0v) is 19.7. The van der Waals surface area contributed by atoms with Crippen LogP contribution < -0.4 is 15.6 Å². The third-order valence-electron chi connectivity index (χ3n) is 5.36. The van der Waals surface area contributed by atoms with Gasteiger partial charge in [-0.05, 0) is 66.9 Å². The fourth-order valence-corrected chi connectivity index (χ4v) is 3.71. The highest BCUT2D eigenvalue weighted by Crippen LogP contribution is 2.21. The van der Waals surface area contributed by atoms with Crippen LogP contribution in [0.25, 0.3) is 10.9 Å². The molecular weight excluding hydrogens is 406 g/mol. The standard InChI is InChI=1S/C25H31N3O2S/c1-16(2)13-26-25(31)28(14-19-8-10-21(30-5)11-9-19)15-20-12-22-17(3)6-7-18(4)23(22)27-24(20)29/h6-12,16H,13-15H2,1-5H3,(H,26,31)(H,27,29). The van der Waals surface area contributed by atoms with Crippen LogP contribution >= 0.6 is 12.2 Å². The second-order valence-electron chi connectivity index (χ2n) is 8.40. The Bertz CT molecular complexity index is 1120. The fraction of sp³-hybridized carbons (Fsp3) is 0.360. The van der Waals surface area contributed by atoms with Crippen molar-refractivity contribution in [1.29, 1.82) is 0 Å². The normalized spacial score (nSPS) is 11.0. The molecule has 0 aliphatic heterocycles. The number of thiocarbonyl (C=S) groups is 1. The van der Waals surface area contributed by atoms with E-state index in [-0.39, 0.29) is 5.56 Å². The van der Waals surface area contributed by atoms with Crippen molar-refractivity contribution in [2.45, 2.75) is 40.8 Å². The highest BCUT2D eigenvalue weighted by Gasteiger charge is 2.15. The quantitative estimate of drug-likeness (QED) is 0.526. The second-order valence-corrected chi connectivity index (χ2v) is 8.78. The van der Waals surface area contributed by atoms with E-state index in [0.717, 1.165) is 39.9 Å². The summed E-state index contributed by atoms with van der Waals surface area (Å²) in [4.78, 5) is 18.0. The Labute approximate surface area is 189 Å². The van der Waals surface area contributed by atoms with Gasteiger partial charge in [0, 0.05) is 24.0 Å². The van der Waals surface area contributed by atoms with Gasteiger partial charge in [-0.2, -0.15) is 0 Å². The second kappa shape index (κ2) is 9.96. The third kappa shape index (κ3) is 5.64. The molecule has 1 heterocycles. The van der Waals surface area contributed by atoms with Gasteiger partial charge >= 0.3 is 0 Å². The van der Waals surface area contributed by atoms with Crippen LogP contribution in [-0.2, 0) is 13.1 Å². The van der Waals surface area contributed by atoms with Gasteiger partial charge in [0.05, 0.1) is 19.2 Å². The maximum Gasteiger partial charge on any atom is 0.253 e. The molecule has 164 valence electrons. The van der Waals surface area contributed by atoms with Crippen molar-refractivity contribution in [3.05, 3.63) is 75.1 Å². The summed E-state index contributed by atoms with van der Waals surface area (Å²) in [7, 11) is 1.65. The van der Waals surface area contributed by atoms with Gasteiger partial charge in [0.1, 0.15) is 5.75 Å². The molecule has 5 nitrogen and oxygen atoms in total. The van der Waals surface area contributed by atoms with Gasteiger partial charge in [0.2, 0.25) is 0 Å². The number of pyridine rings is 1. The molecule has 0 aliphatic carbocycles. The van der Waals surface area contributed by atoms with E-state index >= 15 is 0 Å². The topological polar surface area (TPSA) is 57.4 Å². The van der Waals surface area contributed by atoms with Gasteiger partial charge < -0.3 is 19.9 Å². The number of H-pyrrole nitrogens is 1. The number of nitrogens with zero attached hydrogens (tertiary/aromatic N) is 1. The van der Waals surface area contributed by atoms with Crippen LogP contribution in [0, 0.1) is 19.8 Å². The Morgan fingerprint density at radius 1 is 1.10 bits per heavy atom. The Morgan fingerprint density at radius 2 is 1.77 bits per heavy atom. The molecule has 0 unspecified atom stereocenters. The molecule has 0 bridgehead atoms. The highest BCUT2D eigenvalue weighted by molar-refractivity contribution is 7.80. The molecule has 0 spiro atoms. The predicted octanol–water partition coefficient (Wildman–Crippen LogP) is 4.69. The van der Waals surface area contributed by atoms with E-state index in [0.29, 0.717) is 29.7 Å². The molecule has 6 heteroatoms. The van der Waals surface area contributed by atoms with E-state index in [2.05, 4.69) is 37.1 Å². The first kappa shape index (κ1) is 22.8. The van der Waals surface area contributed by atoms with Gasteiger partial charge in [-0.3, -0.25) is 4.79 Å². The molecule has 1 aromatic heterocycles. The van der Waals surface area contributed by atoms with Crippen molar-refractivity contribution >= 4 is 28.2 Å². The molecule has 0 amide bonds. The third-order valence-corrected chi connectivity index (χ3v) is 5.77. The molecule has 0 atom stereocenters. The van der Waals surface area contributed by atoms with Crippen LogP contribution in [0.4, 0.5) is 0 Å². The average molecular weight is 438 g/mol. The number of nitrogens with one attached hydrogen (secondary N) is 2. The van der Waals surface area contributed by atoms with Crippen molar-refractivity contribution in [3.8, 4) is 5.75 Å². The summed E-state index contributed by atoms with van der Waals surface area (Å²) in [6, 6.07) is 14.0. The summed E-state index contributed by atoms with van der Waals surface area (Å²) in [5.74, 6) is 1.28. The first-order valence-corrected chi connectivity index (χ1v) is 11.0. The minimum Gasteiger partial charge on any atom is -0.497 e. The van der Waals surface area contributed by atoms with Crippen molar-refractivity contribution in [2.75, 3.05) is 13.7 Å². The largest absolute Gasteiger partial charge is 0.497 e. The summed E-state index contributed by atoms with van der Waals surface area (Å²) in [6.07, 6.45) is 0. The summed E-state index contributed by atoms with van der Waals surface area (Å²) in [6.45, 7) is 10.2. The van der Waals surface area contributed by atoms with Gasteiger partial charge in [-0.25, -0.2) is 0 Å². The number of methoxy groups -OCH3 is 1. The number of aromatic amines is 1. The Balaban J connectivity index is 1.93. The van der Waals surface area contributed by atoms with Crippen molar-refractivity contribution < 1.29 is 4.74 Å². The van der Waals surface area contributed by atoms with E-state index in [9.17, 15) is 4.79 Å². The van der Waals surface area contributed by atoms with Crippen LogP contribution in [0.3, 0.4) is 0 Å². The maximum absolute atomic E-state index is 12.9. The SMILES string of the molecule is COc1ccc(CN(Cc2cc3c(C)ccc(C)c3[nH]c2=O)C(=S)NCC(C)C)cc1. The number of hydrogen-bond acceptors (Lipinski definition) is 3. The summed E-state index contributed by atoms with van der Waals surface area (Å²) < 4.78 is 5.26. The monoisotopic (exact) mass is 437 g/mol. The zero-order chi connectivity index (χ0) is 22.5. The lowest BCUT2D eigenvalue weighted by molar-refractivity contribution is 0.392. The highest BCUT2D eigenvalue weighted by atomic mass is 32.1. The van der Waals surface area contributed by atoms with Gasteiger partial charge in [-0.15, -0.1) is 0 Å². The van der Waals surface area contributed by atoms with E-state index in [1.54, 1.807) is 7.11 Å². The van der Waals surface area contributed by atoms with E-state index < -0.39 is 0 Å². The van der Waals surface area contributed by atoms with Crippen LogP contribution in [-0.4, -0.2) is 28.7 Å². The molecule has 2 N–H and O–H groups in total. The van der Waals surface area contributed by atoms with E-state index in [1.165, 1.54) is 0 Å². The lowest BCUT2D eigenvalue weighted by Crippen LogP contribution is -2.41. The van der Waals surface area contributed by atoms with Crippen LogP contribution in [0.1, 0.15) is 36.1 Å². The molecule has 3 rings (SSSR count). The predicted molar refractivity (Wildman–Crippen MR) is 132 cm³/mol. The van der Waals surface area contributed by atoms with Crippen molar-refractivity contribution in [3.63, 3.8) is 0 Å². The minimum absolute atomic E-state index is 0.0763. The summed E-state index contributed by atoms with van der Waals surface area (Å²) in [5, 5.41) is 5.06. The first-order valence-electron chi connectivity index (χ1n) is 10.6. The number of aromatic nitrogens is 1. The Hall–Kier alpha value is -2.86. The maximum atomic E-state index is 12.9.